The van der Waals surface area contributed by atoms with Crippen molar-refractivity contribution in [2.75, 3.05) is 6.54 Å². The Balaban J connectivity index is 2.04. The van der Waals surface area contributed by atoms with E-state index in [1.807, 2.05) is 0 Å². The molecule has 6 nitrogen and oxygen atoms in total. The minimum absolute atomic E-state index is 0.0309. The number of nitrogens with zero attached hydrogens (tertiary/aromatic N) is 1. The lowest BCUT2D eigenvalue weighted by molar-refractivity contribution is -0.138. The fraction of sp³-hybridized carbons (Fsp3) is 0.909. The van der Waals surface area contributed by atoms with Gasteiger partial charge in [0.1, 0.15) is 6.54 Å². The first kappa shape index (κ1) is 16.5. The van der Waals surface area contributed by atoms with Gasteiger partial charge in [-0.1, -0.05) is 0 Å². The van der Waals surface area contributed by atoms with Crippen LogP contribution in [-0.4, -0.2) is 48.6 Å². The summed E-state index contributed by atoms with van der Waals surface area (Å²) in [5, 5.41) is 8.79. The second kappa shape index (κ2) is 5.73. The van der Waals surface area contributed by atoms with E-state index in [0.29, 0.717) is 25.7 Å². The number of carboxylic acids is 1. The number of rotatable bonds is 5. The summed E-state index contributed by atoms with van der Waals surface area (Å²) in [6.07, 6.45) is -2.74. The molecule has 2 saturated heterocycles. The zero-order chi connectivity index (χ0) is 15.8. The van der Waals surface area contributed by atoms with E-state index in [-0.39, 0.29) is 12.3 Å². The van der Waals surface area contributed by atoms with Gasteiger partial charge in [0, 0.05) is 18.5 Å². The minimum atomic E-state index is -4.60. The Morgan fingerprint density at radius 2 is 1.76 bits per heavy atom. The topological polar surface area (TPSA) is 86.7 Å². The summed E-state index contributed by atoms with van der Waals surface area (Å²) in [5.41, 5.74) is 0. The Morgan fingerprint density at radius 3 is 2.19 bits per heavy atom. The van der Waals surface area contributed by atoms with E-state index < -0.39 is 41.0 Å². The van der Waals surface area contributed by atoms with Gasteiger partial charge in [0.25, 0.3) is 10.2 Å². The van der Waals surface area contributed by atoms with E-state index >= 15 is 0 Å². The highest BCUT2D eigenvalue weighted by molar-refractivity contribution is 7.87. The Kier molecular flexibility index (Phi) is 4.50. The standard InChI is InChI=1S/C11H17F3N2O4S/c12-11(13,14)6-15-21(19,20)16-8-1-2-9(16)4-7(3-8)5-10(17)18/h7-9,15H,1-6H2,(H,17,18). The number of hydrogen-bond donors (Lipinski definition) is 2. The van der Waals surface area contributed by atoms with E-state index in [2.05, 4.69) is 0 Å². The third kappa shape index (κ3) is 4.07. The van der Waals surface area contributed by atoms with Crippen LogP contribution in [0.25, 0.3) is 0 Å². The van der Waals surface area contributed by atoms with E-state index in [4.69, 9.17) is 5.11 Å². The maximum atomic E-state index is 12.2. The molecular weight excluding hydrogens is 313 g/mol. The predicted octanol–water partition coefficient (Wildman–Crippen LogP) is 1.10. The molecule has 122 valence electrons. The Bertz CT molecular complexity index is 494. The first-order valence-electron chi connectivity index (χ1n) is 6.65. The molecular formula is C11H17F3N2O4S. The highest BCUT2D eigenvalue weighted by Gasteiger charge is 2.47. The molecule has 0 saturated carbocycles. The summed E-state index contributed by atoms with van der Waals surface area (Å²) >= 11 is 0. The van der Waals surface area contributed by atoms with Crippen molar-refractivity contribution in [3.63, 3.8) is 0 Å². The molecule has 2 N–H and O–H groups in total. The first-order valence-corrected chi connectivity index (χ1v) is 8.09. The highest BCUT2D eigenvalue weighted by Crippen LogP contribution is 2.41. The van der Waals surface area contributed by atoms with Crippen molar-refractivity contribution in [1.82, 2.24) is 9.03 Å². The smallest absolute Gasteiger partial charge is 0.402 e. The predicted molar refractivity (Wildman–Crippen MR) is 66.6 cm³/mol. The summed E-state index contributed by atoms with van der Waals surface area (Å²) in [6.45, 7) is -1.59. The van der Waals surface area contributed by atoms with Crippen molar-refractivity contribution in [3.8, 4) is 0 Å². The van der Waals surface area contributed by atoms with Gasteiger partial charge in [-0.05, 0) is 31.6 Å². The monoisotopic (exact) mass is 330 g/mol. The number of hydrogen-bond acceptors (Lipinski definition) is 3. The Labute approximate surface area is 120 Å². The molecule has 21 heavy (non-hydrogen) atoms. The van der Waals surface area contributed by atoms with Gasteiger partial charge in [0.2, 0.25) is 0 Å². The number of piperidine rings is 1. The zero-order valence-corrected chi connectivity index (χ0v) is 12.0. The number of carbonyl (C=O) groups is 1. The third-order valence-corrected chi connectivity index (χ3v) is 5.62. The van der Waals surface area contributed by atoms with Crippen LogP contribution in [0.4, 0.5) is 13.2 Å². The number of fused-ring (bicyclic) bond motifs is 2. The molecule has 2 bridgehead atoms. The van der Waals surface area contributed by atoms with Crippen molar-refractivity contribution >= 4 is 16.2 Å². The van der Waals surface area contributed by atoms with Gasteiger partial charge >= 0.3 is 12.1 Å². The molecule has 0 aromatic rings. The molecule has 0 aromatic heterocycles. The second-order valence-corrected chi connectivity index (χ2v) is 7.25. The molecule has 0 amide bonds. The Hall–Kier alpha value is -0.870. The van der Waals surface area contributed by atoms with E-state index in [1.54, 1.807) is 4.72 Å². The summed E-state index contributed by atoms with van der Waals surface area (Å²) in [6, 6.07) is -0.808. The van der Waals surface area contributed by atoms with Crippen LogP contribution in [0.1, 0.15) is 32.1 Å². The molecule has 10 heteroatoms. The fourth-order valence-corrected chi connectivity index (χ4v) is 4.96. The van der Waals surface area contributed by atoms with Crippen LogP contribution >= 0.6 is 0 Å². The van der Waals surface area contributed by atoms with E-state index in [9.17, 15) is 26.4 Å². The molecule has 0 spiro atoms. The number of carboxylic acid groups (broad SMARTS) is 1. The summed E-state index contributed by atoms with van der Waals surface area (Å²) < 4.78 is 63.2. The van der Waals surface area contributed by atoms with Crippen molar-refractivity contribution in [2.24, 2.45) is 5.92 Å². The van der Waals surface area contributed by atoms with Crippen LogP contribution in [-0.2, 0) is 15.0 Å². The third-order valence-electron chi connectivity index (χ3n) is 3.96. The molecule has 2 unspecified atom stereocenters. The van der Waals surface area contributed by atoms with Gasteiger partial charge in [-0.25, -0.2) is 0 Å². The molecule has 2 aliphatic rings. The quantitative estimate of drug-likeness (QED) is 0.790. The van der Waals surface area contributed by atoms with E-state index in [1.165, 1.54) is 0 Å². The van der Waals surface area contributed by atoms with Crippen LogP contribution in [0.15, 0.2) is 0 Å². The normalized spacial score (nSPS) is 30.5. The number of alkyl halides is 3. The molecule has 2 fully saturated rings. The van der Waals surface area contributed by atoms with Gasteiger partial charge in [0.05, 0.1) is 0 Å². The van der Waals surface area contributed by atoms with Crippen molar-refractivity contribution in [1.29, 1.82) is 0 Å². The molecule has 0 radical (unpaired) electrons. The van der Waals surface area contributed by atoms with Crippen LogP contribution in [0.3, 0.4) is 0 Å². The maximum absolute atomic E-state index is 12.2. The van der Waals surface area contributed by atoms with Gasteiger partial charge in [-0.3, -0.25) is 4.79 Å². The summed E-state index contributed by atoms with van der Waals surface area (Å²) in [7, 11) is -4.19. The molecule has 2 atom stereocenters. The van der Waals surface area contributed by atoms with Crippen molar-refractivity contribution in [2.45, 2.75) is 50.4 Å². The van der Waals surface area contributed by atoms with Gasteiger partial charge in [-0.15, -0.1) is 0 Å². The van der Waals surface area contributed by atoms with Gasteiger partial charge in [0.15, 0.2) is 0 Å². The minimum Gasteiger partial charge on any atom is -0.481 e. The SMILES string of the molecule is O=C(O)CC1CC2CCC(C1)N2S(=O)(=O)NCC(F)(F)F. The number of aliphatic carboxylic acids is 1. The van der Waals surface area contributed by atoms with Crippen molar-refractivity contribution in [3.05, 3.63) is 0 Å². The second-order valence-electron chi connectivity index (χ2n) is 5.59. The Morgan fingerprint density at radius 1 is 1.24 bits per heavy atom. The maximum Gasteiger partial charge on any atom is 0.402 e. The molecule has 2 heterocycles. The number of halogens is 3. The van der Waals surface area contributed by atoms with Crippen LogP contribution in [0.2, 0.25) is 0 Å². The lowest BCUT2D eigenvalue weighted by atomic mass is 9.90. The number of nitrogens with one attached hydrogen (secondary N) is 1. The van der Waals surface area contributed by atoms with Gasteiger partial charge < -0.3 is 5.11 Å². The summed E-state index contributed by atoms with van der Waals surface area (Å²) in [5.74, 6) is -1.06. The zero-order valence-electron chi connectivity index (χ0n) is 11.1. The lowest BCUT2D eigenvalue weighted by Crippen LogP contribution is -2.52. The van der Waals surface area contributed by atoms with Crippen LogP contribution < -0.4 is 4.72 Å². The molecule has 2 rings (SSSR count). The summed E-state index contributed by atoms with van der Waals surface area (Å²) in [4.78, 5) is 10.7. The van der Waals surface area contributed by atoms with E-state index in [0.717, 1.165) is 4.31 Å². The average Bonchev–Trinajstić information content (AvgIpc) is 2.59. The van der Waals surface area contributed by atoms with Gasteiger partial charge in [-0.2, -0.15) is 30.6 Å². The fourth-order valence-electron chi connectivity index (χ4n) is 3.30. The molecule has 2 aliphatic heterocycles. The first-order chi connectivity index (χ1) is 9.58. The lowest BCUT2D eigenvalue weighted by Gasteiger charge is -2.37. The largest absolute Gasteiger partial charge is 0.481 e. The highest BCUT2D eigenvalue weighted by atomic mass is 32.2. The average molecular weight is 330 g/mol. The van der Waals surface area contributed by atoms with Crippen LogP contribution in [0.5, 0.6) is 0 Å². The molecule has 0 aromatic carbocycles. The van der Waals surface area contributed by atoms with Crippen molar-refractivity contribution < 1.29 is 31.5 Å². The van der Waals surface area contributed by atoms with Crippen LogP contribution in [0, 0.1) is 5.92 Å². The molecule has 0 aliphatic carbocycles.